The van der Waals surface area contributed by atoms with E-state index in [0.29, 0.717) is 12.6 Å². The zero-order chi connectivity index (χ0) is 15.1. The van der Waals surface area contributed by atoms with Crippen LogP contribution < -0.4 is 10.6 Å². The molecule has 1 aliphatic rings. The van der Waals surface area contributed by atoms with Crippen molar-refractivity contribution in [1.29, 1.82) is 0 Å². The monoisotopic (exact) mass is 288 g/mol. The lowest BCUT2D eigenvalue weighted by Gasteiger charge is -2.23. The highest BCUT2D eigenvalue weighted by Crippen LogP contribution is 2.25. The largest absolute Gasteiger partial charge is 0.325 e. The molecule has 3 heteroatoms. The van der Waals surface area contributed by atoms with Crippen molar-refractivity contribution in [3.63, 3.8) is 0 Å². The van der Waals surface area contributed by atoms with E-state index in [4.69, 9.17) is 0 Å². The molecule has 0 aliphatic heterocycles. The van der Waals surface area contributed by atoms with E-state index in [-0.39, 0.29) is 5.91 Å². The summed E-state index contributed by atoms with van der Waals surface area (Å²) in [5.41, 5.74) is 2.01. The van der Waals surface area contributed by atoms with Gasteiger partial charge in [0.1, 0.15) is 0 Å². The number of para-hydroxylation sites is 1. The second-order valence-electron chi connectivity index (χ2n) is 6.28. The summed E-state index contributed by atoms with van der Waals surface area (Å²) in [6.07, 6.45) is 8.02. The Labute approximate surface area is 128 Å². The van der Waals surface area contributed by atoms with Gasteiger partial charge in [-0.3, -0.25) is 4.79 Å². The van der Waals surface area contributed by atoms with Gasteiger partial charge in [0.2, 0.25) is 5.91 Å². The molecular formula is C18H28N2O. The van der Waals surface area contributed by atoms with E-state index in [1.54, 1.807) is 0 Å². The molecule has 2 N–H and O–H groups in total. The van der Waals surface area contributed by atoms with Crippen LogP contribution >= 0.6 is 0 Å². The van der Waals surface area contributed by atoms with Crippen molar-refractivity contribution in [3.8, 4) is 0 Å². The molecule has 0 spiro atoms. The maximum atomic E-state index is 12.0. The van der Waals surface area contributed by atoms with Gasteiger partial charge in [0, 0.05) is 11.7 Å². The first kappa shape index (κ1) is 16.0. The maximum Gasteiger partial charge on any atom is 0.238 e. The standard InChI is InChI=1S/C18H28N2O/c1-14-9-7-8-12-17(14)20-18(21)13-19-15(2)16-10-5-3-4-6-11-16/h7-9,12,15-16,19H,3-6,10-11,13H2,1-2H3,(H,20,21)/t15-/m0/s1. The SMILES string of the molecule is Cc1ccccc1NC(=O)CN[C@@H](C)C1CCCCCC1. The molecule has 0 heterocycles. The highest BCUT2D eigenvalue weighted by molar-refractivity contribution is 5.92. The van der Waals surface area contributed by atoms with Crippen molar-refractivity contribution >= 4 is 11.6 Å². The number of hydrogen-bond acceptors (Lipinski definition) is 2. The van der Waals surface area contributed by atoms with Gasteiger partial charge in [0.05, 0.1) is 6.54 Å². The Morgan fingerprint density at radius 2 is 1.86 bits per heavy atom. The number of aryl methyl sites for hydroxylation is 1. The molecule has 0 bridgehead atoms. The first-order valence-electron chi connectivity index (χ1n) is 8.25. The lowest BCUT2D eigenvalue weighted by atomic mass is 9.93. The van der Waals surface area contributed by atoms with Crippen LogP contribution in [0.25, 0.3) is 0 Å². The molecule has 2 rings (SSSR count). The topological polar surface area (TPSA) is 41.1 Å². The zero-order valence-corrected chi connectivity index (χ0v) is 13.3. The molecular weight excluding hydrogens is 260 g/mol. The molecule has 0 saturated heterocycles. The summed E-state index contributed by atoms with van der Waals surface area (Å²) in [6.45, 7) is 4.63. The number of amides is 1. The van der Waals surface area contributed by atoms with Crippen LogP contribution in [0.1, 0.15) is 51.0 Å². The number of carbonyl (C=O) groups is 1. The van der Waals surface area contributed by atoms with E-state index in [2.05, 4.69) is 17.6 Å². The Bertz CT molecular complexity index is 450. The summed E-state index contributed by atoms with van der Waals surface area (Å²) >= 11 is 0. The number of hydrogen-bond donors (Lipinski definition) is 2. The predicted molar refractivity (Wildman–Crippen MR) is 88.5 cm³/mol. The second-order valence-corrected chi connectivity index (χ2v) is 6.28. The minimum Gasteiger partial charge on any atom is -0.325 e. The van der Waals surface area contributed by atoms with E-state index < -0.39 is 0 Å². The fourth-order valence-electron chi connectivity index (χ4n) is 3.14. The summed E-state index contributed by atoms with van der Waals surface area (Å²) in [4.78, 5) is 12.0. The summed E-state index contributed by atoms with van der Waals surface area (Å²) in [5, 5.41) is 6.39. The Hall–Kier alpha value is -1.35. The van der Waals surface area contributed by atoms with Gasteiger partial charge < -0.3 is 10.6 Å². The molecule has 1 aromatic carbocycles. The minimum atomic E-state index is 0.0461. The van der Waals surface area contributed by atoms with Crippen LogP contribution in [0.3, 0.4) is 0 Å². The molecule has 116 valence electrons. The van der Waals surface area contributed by atoms with Crippen molar-refractivity contribution in [2.75, 3.05) is 11.9 Å². The van der Waals surface area contributed by atoms with Crippen LogP contribution in [0.5, 0.6) is 0 Å². The third kappa shape index (κ3) is 5.16. The van der Waals surface area contributed by atoms with Gasteiger partial charge >= 0.3 is 0 Å². The lowest BCUT2D eigenvalue weighted by Crippen LogP contribution is -2.38. The quantitative estimate of drug-likeness (QED) is 0.807. The molecule has 1 fully saturated rings. The van der Waals surface area contributed by atoms with Crippen LogP contribution in [-0.2, 0) is 4.79 Å². The summed E-state index contributed by atoms with van der Waals surface area (Å²) in [5.74, 6) is 0.767. The third-order valence-corrected chi connectivity index (χ3v) is 4.61. The number of benzene rings is 1. The Kier molecular flexibility index (Phi) is 6.24. The van der Waals surface area contributed by atoms with Crippen molar-refractivity contribution in [2.45, 2.75) is 58.4 Å². The average Bonchev–Trinajstić information content (AvgIpc) is 2.76. The third-order valence-electron chi connectivity index (χ3n) is 4.61. The van der Waals surface area contributed by atoms with E-state index in [0.717, 1.165) is 17.2 Å². The Balaban J connectivity index is 1.76. The summed E-state index contributed by atoms with van der Waals surface area (Å²) in [6, 6.07) is 8.31. The fraction of sp³-hybridized carbons (Fsp3) is 0.611. The number of nitrogens with one attached hydrogen (secondary N) is 2. The molecule has 0 unspecified atom stereocenters. The highest BCUT2D eigenvalue weighted by Gasteiger charge is 2.19. The first-order chi connectivity index (χ1) is 10.2. The average molecular weight is 288 g/mol. The fourth-order valence-corrected chi connectivity index (χ4v) is 3.14. The second kappa shape index (κ2) is 8.18. The van der Waals surface area contributed by atoms with Crippen molar-refractivity contribution in [3.05, 3.63) is 29.8 Å². The van der Waals surface area contributed by atoms with E-state index in [1.165, 1.54) is 38.5 Å². The van der Waals surface area contributed by atoms with Crippen LogP contribution in [0.15, 0.2) is 24.3 Å². The van der Waals surface area contributed by atoms with Crippen LogP contribution in [0.4, 0.5) is 5.69 Å². The molecule has 1 aliphatic carbocycles. The summed E-state index contributed by atoms with van der Waals surface area (Å²) < 4.78 is 0. The van der Waals surface area contributed by atoms with Crippen LogP contribution in [0.2, 0.25) is 0 Å². The molecule has 0 aromatic heterocycles. The van der Waals surface area contributed by atoms with Crippen LogP contribution in [-0.4, -0.2) is 18.5 Å². The van der Waals surface area contributed by atoms with Gasteiger partial charge in [0.25, 0.3) is 0 Å². The molecule has 0 radical (unpaired) electrons. The van der Waals surface area contributed by atoms with Gasteiger partial charge in [0.15, 0.2) is 0 Å². The van der Waals surface area contributed by atoms with E-state index in [9.17, 15) is 4.79 Å². The number of anilines is 1. The number of carbonyl (C=O) groups excluding carboxylic acids is 1. The first-order valence-corrected chi connectivity index (χ1v) is 8.25. The van der Waals surface area contributed by atoms with Gasteiger partial charge in [-0.15, -0.1) is 0 Å². The normalized spacial score (nSPS) is 18.0. The lowest BCUT2D eigenvalue weighted by molar-refractivity contribution is -0.115. The summed E-state index contributed by atoms with van der Waals surface area (Å²) in [7, 11) is 0. The van der Waals surface area contributed by atoms with Gasteiger partial charge in [-0.2, -0.15) is 0 Å². The van der Waals surface area contributed by atoms with E-state index in [1.807, 2.05) is 31.2 Å². The van der Waals surface area contributed by atoms with Crippen molar-refractivity contribution in [2.24, 2.45) is 5.92 Å². The Morgan fingerprint density at radius 3 is 2.52 bits per heavy atom. The number of rotatable bonds is 5. The molecule has 3 nitrogen and oxygen atoms in total. The van der Waals surface area contributed by atoms with Crippen molar-refractivity contribution in [1.82, 2.24) is 5.32 Å². The van der Waals surface area contributed by atoms with E-state index >= 15 is 0 Å². The van der Waals surface area contributed by atoms with Gasteiger partial charge in [-0.05, 0) is 44.2 Å². The molecule has 1 aromatic rings. The van der Waals surface area contributed by atoms with Gasteiger partial charge in [-0.1, -0.05) is 43.9 Å². The highest BCUT2D eigenvalue weighted by atomic mass is 16.1. The minimum absolute atomic E-state index is 0.0461. The van der Waals surface area contributed by atoms with Crippen molar-refractivity contribution < 1.29 is 4.79 Å². The molecule has 1 saturated carbocycles. The smallest absolute Gasteiger partial charge is 0.238 e. The van der Waals surface area contributed by atoms with Gasteiger partial charge in [-0.25, -0.2) is 0 Å². The molecule has 1 atom stereocenters. The predicted octanol–water partition coefficient (Wildman–Crippen LogP) is 3.88. The molecule has 1 amide bonds. The van der Waals surface area contributed by atoms with Crippen LogP contribution in [0, 0.1) is 12.8 Å². The molecule has 21 heavy (non-hydrogen) atoms. The zero-order valence-electron chi connectivity index (χ0n) is 13.3. The maximum absolute atomic E-state index is 12.0. The Morgan fingerprint density at radius 1 is 1.19 bits per heavy atom.